The Bertz CT molecular complexity index is 380. The molecule has 0 unspecified atom stereocenters. The summed E-state index contributed by atoms with van der Waals surface area (Å²) in [6, 6.07) is 0. The molecule has 0 fully saturated rings. The number of hydrogen-bond acceptors (Lipinski definition) is 5. The Morgan fingerprint density at radius 2 is 1.95 bits per heavy atom. The van der Waals surface area contributed by atoms with Crippen LogP contribution in [0.3, 0.4) is 0 Å². The molecule has 1 aromatic heterocycles. The topological polar surface area (TPSA) is 57.5 Å². The normalized spacial score (nSPS) is 11.0. The molecular weight excluding hydrogens is 258 g/mol. The van der Waals surface area contributed by atoms with Crippen LogP contribution in [0.15, 0.2) is 0 Å². The van der Waals surface area contributed by atoms with E-state index in [1.807, 2.05) is 14.0 Å². The third-order valence-electron chi connectivity index (χ3n) is 3.11. The minimum atomic E-state index is 0.665. The molecule has 1 heterocycles. The van der Waals surface area contributed by atoms with Crippen molar-refractivity contribution in [3.8, 4) is 5.88 Å². The van der Waals surface area contributed by atoms with Crippen LogP contribution in [0.1, 0.15) is 24.1 Å². The van der Waals surface area contributed by atoms with E-state index in [1.54, 1.807) is 18.9 Å². The van der Waals surface area contributed by atoms with Crippen molar-refractivity contribution in [2.45, 2.75) is 26.3 Å². The zero-order chi connectivity index (χ0) is 14.8. The first-order chi connectivity index (χ1) is 9.70. The molecule has 1 rings (SSSR count). The van der Waals surface area contributed by atoms with Gasteiger partial charge in [-0.2, -0.15) is 5.10 Å². The zero-order valence-corrected chi connectivity index (χ0v) is 13.1. The van der Waals surface area contributed by atoms with E-state index < -0.39 is 0 Å². The lowest BCUT2D eigenvalue weighted by atomic mass is 10.2. The number of methoxy groups -OCH3 is 2. The molecule has 1 aromatic rings. The molecular formula is C14H27N3O3. The number of aryl methyl sites for hydroxylation is 2. The smallest absolute Gasteiger partial charge is 0.216 e. The van der Waals surface area contributed by atoms with Crippen LogP contribution < -0.4 is 10.1 Å². The second-order valence-corrected chi connectivity index (χ2v) is 4.69. The lowest BCUT2D eigenvalue weighted by molar-refractivity contribution is 0.0688. The van der Waals surface area contributed by atoms with E-state index >= 15 is 0 Å². The summed E-state index contributed by atoms with van der Waals surface area (Å²) in [6.07, 6.45) is 2.15. The fraction of sp³-hybridized carbons (Fsp3) is 0.786. The Morgan fingerprint density at radius 1 is 1.15 bits per heavy atom. The van der Waals surface area contributed by atoms with Crippen LogP contribution in [-0.4, -0.2) is 50.4 Å². The summed E-state index contributed by atoms with van der Waals surface area (Å²) < 4.78 is 17.5. The predicted molar refractivity (Wildman–Crippen MR) is 78.1 cm³/mol. The van der Waals surface area contributed by atoms with Crippen molar-refractivity contribution >= 4 is 0 Å². The Kier molecular flexibility index (Phi) is 8.25. The predicted octanol–water partition coefficient (Wildman–Crippen LogP) is 1.27. The summed E-state index contributed by atoms with van der Waals surface area (Å²) in [5.74, 6) is 0.831. The van der Waals surface area contributed by atoms with Crippen molar-refractivity contribution in [2.75, 3.05) is 40.6 Å². The highest BCUT2D eigenvalue weighted by atomic mass is 16.5. The highest BCUT2D eigenvalue weighted by Crippen LogP contribution is 2.20. The van der Waals surface area contributed by atoms with Gasteiger partial charge in [0.2, 0.25) is 5.88 Å². The first-order valence-corrected chi connectivity index (χ1v) is 7.04. The fourth-order valence-electron chi connectivity index (χ4n) is 2.05. The standard InChI is InChI=1S/C14H27N3O3/c1-12-13(14(19-4)17(2)16-12)11-15-7-5-6-8-20-10-9-18-3/h15H,5-11H2,1-4H3. The minimum absolute atomic E-state index is 0.665. The molecule has 0 aliphatic carbocycles. The van der Waals surface area contributed by atoms with Gasteiger partial charge in [-0.3, -0.25) is 0 Å². The van der Waals surface area contributed by atoms with Crippen molar-refractivity contribution in [1.29, 1.82) is 0 Å². The number of nitrogens with one attached hydrogen (secondary N) is 1. The lowest BCUT2D eigenvalue weighted by Gasteiger charge is -2.07. The monoisotopic (exact) mass is 285 g/mol. The highest BCUT2D eigenvalue weighted by Gasteiger charge is 2.12. The molecule has 116 valence electrons. The van der Waals surface area contributed by atoms with Gasteiger partial charge in [-0.05, 0) is 26.3 Å². The summed E-state index contributed by atoms with van der Waals surface area (Å²) in [5, 5.41) is 7.78. The van der Waals surface area contributed by atoms with Gasteiger partial charge in [0.15, 0.2) is 0 Å². The molecule has 0 saturated carbocycles. The maximum atomic E-state index is 5.41. The van der Waals surface area contributed by atoms with Gasteiger partial charge in [-0.15, -0.1) is 0 Å². The van der Waals surface area contributed by atoms with Crippen molar-refractivity contribution in [3.63, 3.8) is 0 Å². The number of aromatic nitrogens is 2. The molecule has 0 bridgehead atoms. The van der Waals surface area contributed by atoms with E-state index in [9.17, 15) is 0 Å². The summed E-state index contributed by atoms with van der Waals surface area (Å²) in [6.45, 7) is 5.89. The van der Waals surface area contributed by atoms with Gasteiger partial charge in [0.1, 0.15) is 0 Å². The van der Waals surface area contributed by atoms with Gasteiger partial charge >= 0.3 is 0 Å². The van der Waals surface area contributed by atoms with Crippen molar-refractivity contribution < 1.29 is 14.2 Å². The van der Waals surface area contributed by atoms with Crippen LogP contribution in [-0.2, 0) is 23.1 Å². The average Bonchev–Trinajstić information content (AvgIpc) is 2.70. The molecule has 20 heavy (non-hydrogen) atoms. The molecule has 0 radical (unpaired) electrons. The van der Waals surface area contributed by atoms with Gasteiger partial charge in [0, 0.05) is 27.3 Å². The molecule has 0 aliphatic rings. The number of ether oxygens (including phenoxy) is 3. The second-order valence-electron chi connectivity index (χ2n) is 4.69. The van der Waals surface area contributed by atoms with Crippen LogP contribution in [0.25, 0.3) is 0 Å². The number of rotatable bonds is 11. The van der Waals surface area contributed by atoms with Crippen molar-refractivity contribution in [2.24, 2.45) is 7.05 Å². The Balaban J connectivity index is 2.12. The van der Waals surface area contributed by atoms with Gasteiger partial charge in [-0.1, -0.05) is 0 Å². The van der Waals surface area contributed by atoms with Crippen LogP contribution in [0.4, 0.5) is 0 Å². The van der Waals surface area contributed by atoms with E-state index in [0.717, 1.165) is 49.7 Å². The van der Waals surface area contributed by atoms with Gasteiger partial charge in [0.05, 0.1) is 31.6 Å². The number of hydrogen-bond donors (Lipinski definition) is 1. The molecule has 0 spiro atoms. The second kappa shape index (κ2) is 9.74. The van der Waals surface area contributed by atoms with E-state index in [4.69, 9.17) is 14.2 Å². The van der Waals surface area contributed by atoms with Gasteiger partial charge < -0.3 is 19.5 Å². The molecule has 0 aliphatic heterocycles. The third kappa shape index (κ3) is 5.48. The third-order valence-corrected chi connectivity index (χ3v) is 3.11. The average molecular weight is 285 g/mol. The van der Waals surface area contributed by atoms with Crippen LogP contribution >= 0.6 is 0 Å². The van der Waals surface area contributed by atoms with Crippen molar-refractivity contribution in [1.82, 2.24) is 15.1 Å². The highest BCUT2D eigenvalue weighted by molar-refractivity contribution is 5.30. The summed E-state index contributed by atoms with van der Waals surface area (Å²) in [5.41, 5.74) is 2.14. The quantitative estimate of drug-likeness (QED) is 0.621. The lowest BCUT2D eigenvalue weighted by Crippen LogP contribution is -2.16. The SMILES string of the molecule is COCCOCCCCNCc1c(C)nn(C)c1OC. The first-order valence-electron chi connectivity index (χ1n) is 7.04. The Hall–Kier alpha value is -1.11. The summed E-state index contributed by atoms with van der Waals surface area (Å²) in [7, 11) is 5.26. The zero-order valence-electron chi connectivity index (χ0n) is 13.1. The van der Waals surface area contributed by atoms with E-state index in [-0.39, 0.29) is 0 Å². The van der Waals surface area contributed by atoms with Crippen LogP contribution in [0, 0.1) is 6.92 Å². The van der Waals surface area contributed by atoms with Crippen LogP contribution in [0.2, 0.25) is 0 Å². The summed E-state index contributed by atoms with van der Waals surface area (Å²) >= 11 is 0. The fourth-order valence-corrected chi connectivity index (χ4v) is 2.05. The van der Waals surface area contributed by atoms with Crippen molar-refractivity contribution in [3.05, 3.63) is 11.3 Å². The van der Waals surface area contributed by atoms with E-state index in [1.165, 1.54) is 0 Å². The van der Waals surface area contributed by atoms with Gasteiger partial charge in [-0.25, -0.2) is 4.68 Å². The first kappa shape index (κ1) is 16.9. The molecule has 0 amide bonds. The molecule has 0 aromatic carbocycles. The van der Waals surface area contributed by atoms with E-state index in [0.29, 0.717) is 13.2 Å². The largest absolute Gasteiger partial charge is 0.481 e. The number of unbranched alkanes of at least 4 members (excludes halogenated alkanes) is 1. The summed E-state index contributed by atoms with van der Waals surface area (Å²) in [4.78, 5) is 0. The van der Waals surface area contributed by atoms with Crippen LogP contribution in [0.5, 0.6) is 5.88 Å². The molecule has 0 saturated heterocycles. The maximum absolute atomic E-state index is 5.41. The molecule has 1 N–H and O–H groups in total. The maximum Gasteiger partial charge on any atom is 0.216 e. The van der Waals surface area contributed by atoms with E-state index in [2.05, 4.69) is 10.4 Å². The minimum Gasteiger partial charge on any atom is -0.481 e. The Morgan fingerprint density at radius 3 is 2.65 bits per heavy atom. The Labute approximate surface area is 121 Å². The molecule has 6 nitrogen and oxygen atoms in total. The molecule has 0 atom stereocenters. The number of nitrogens with zero attached hydrogens (tertiary/aromatic N) is 2. The van der Waals surface area contributed by atoms with Gasteiger partial charge in [0.25, 0.3) is 0 Å². The molecule has 6 heteroatoms.